The first-order valence-electron chi connectivity index (χ1n) is 10.6. The van der Waals surface area contributed by atoms with Crippen LogP contribution in [0, 0.1) is 11.3 Å². The molecule has 0 spiro atoms. The molecule has 4 saturated heterocycles. The van der Waals surface area contributed by atoms with E-state index in [0.29, 0.717) is 32.0 Å². The van der Waals surface area contributed by atoms with E-state index in [0.717, 1.165) is 31.8 Å². The summed E-state index contributed by atoms with van der Waals surface area (Å²) in [4.78, 5) is 19.5. The molecule has 3 atom stereocenters. The molecule has 4 aliphatic rings. The van der Waals surface area contributed by atoms with Gasteiger partial charge in [-0.3, -0.25) is 0 Å². The van der Waals surface area contributed by atoms with Gasteiger partial charge in [0.1, 0.15) is 5.75 Å². The molecule has 1 N–H and O–H groups in total. The molecule has 2 bridgehead atoms. The molecule has 0 radical (unpaired) electrons. The van der Waals surface area contributed by atoms with Crippen LogP contribution in [0.25, 0.3) is 0 Å². The number of benzene rings is 1. The SMILES string of the molecule is CCOc1ccc(N2C[C@H]3CN(C(=O)N4CC[C@H](O)C4)CC2C(C)(C)C3)cc1. The van der Waals surface area contributed by atoms with E-state index in [2.05, 4.69) is 30.9 Å². The van der Waals surface area contributed by atoms with Crippen LogP contribution in [0.15, 0.2) is 24.3 Å². The largest absolute Gasteiger partial charge is 0.494 e. The third-order valence-electron chi connectivity index (χ3n) is 6.60. The fraction of sp³-hybridized carbons (Fsp3) is 0.682. The van der Waals surface area contributed by atoms with Crippen LogP contribution in [0.3, 0.4) is 0 Å². The topological polar surface area (TPSA) is 56.2 Å². The third-order valence-corrected chi connectivity index (χ3v) is 6.60. The molecule has 1 aromatic carbocycles. The van der Waals surface area contributed by atoms with Crippen LogP contribution in [0.2, 0.25) is 0 Å². The summed E-state index contributed by atoms with van der Waals surface area (Å²) in [6, 6.07) is 8.74. The van der Waals surface area contributed by atoms with E-state index in [1.807, 2.05) is 28.9 Å². The van der Waals surface area contributed by atoms with Crippen molar-refractivity contribution >= 4 is 11.7 Å². The summed E-state index contributed by atoms with van der Waals surface area (Å²) in [5.74, 6) is 1.35. The van der Waals surface area contributed by atoms with E-state index in [4.69, 9.17) is 4.74 Å². The Hall–Kier alpha value is -1.95. The van der Waals surface area contributed by atoms with Gasteiger partial charge in [-0.15, -0.1) is 0 Å². The molecule has 0 aromatic heterocycles. The van der Waals surface area contributed by atoms with Gasteiger partial charge in [-0.1, -0.05) is 13.8 Å². The number of anilines is 1. The molecular weight excluding hydrogens is 354 g/mol. The lowest BCUT2D eigenvalue weighted by molar-refractivity contribution is 0.144. The number of carbonyl (C=O) groups is 1. The van der Waals surface area contributed by atoms with Crippen LogP contribution in [0.1, 0.15) is 33.6 Å². The Morgan fingerprint density at radius 2 is 1.89 bits per heavy atom. The number of nitrogens with zero attached hydrogens (tertiary/aromatic N) is 3. The zero-order chi connectivity index (χ0) is 19.9. The van der Waals surface area contributed by atoms with Crippen molar-refractivity contribution in [3.05, 3.63) is 24.3 Å². The number of aliphatic hydroxyl groups is 1. The summed E-state index contributed by atoms with van der Waals surface area (Å²) >= 11 is 0. The standard InChI is InChI=1S/C22H33N3O3/c1-4-28-19-7-5-17(6-8-19)25-13-16-11-22(2,3)20(25)15-24(12-16)21(27)23-10-9-18(26)14-23/h5-8,16,18,20,26H,4,9-15H2,1-3H3/t16-,18+,20?/m1/s1. The van der Waals surface area contributed by atoms with Crippen LogP contribution < -0.4 is 9.64 Å². The lowest BCUT2D eigenvalue weighted by atomic mass is 9.73. The van der Waals surface area contributed by atoms with Crippen molar-refractivity contribution in [2.24, 2.45) is 11.3 Å². The zero-order valence-electron chi connectivity index (χ0n) is 17.3. The van der Waals surface area contributed by atoms with Crippen LogP contribution in [0.4, 0.5) is 10.5 Å². The number of likely N-dealkylation sites (tertiary alicyclic amines) is 1. The summed E-state index contributed by atoms with van der Waals surface area (Å²) in [7, 11) is 0. The molecule has 28 heavy (non-hydrogen) atoms. The number of hydrogen-bond acceptors (Lipinski definition) is 4. The third kappa shape index (κ3) is 3.66. The Kier molecular flexibility index (Phi) is 5.17. The average molecular weight is 388 g/mol. The summed E-state index contributed by atoms with van der Waals surface area (Å²) in [5, 5.41) is 9.82. The summed E-state index contributed by atoms with van der Waals surface area (Å²) in [5.41, 5.74) is 1.35. The maximum atomic E-state index is 13.1. The highest BCUT2D eigenvalue weighted by atomic mass is 16.5. The predicted octanol–water partition coefficient (Wildman–Crippen LogP) is 2.81. The van der Waals surface area contributed by atoms with Crippen LogP contribution >= 0.6 is 0 Å². The van der Waals surface area contributed by atoms with Gasteiger partial charge in [-0.25, -0.2) is 4.79 Å². The van der Waals surface area contributed by atoms with Gasteiger partial charge in [0, 0.05) is 38.4 Å². The molecule has 2 amide bonds. The smallest absolute Gasteiger partial charge is 0.320 e. The van der Waals surface area contributed by atoms with Crippen molar-refractivity contribution in [1.29, 1.82) is 0 Å². The molecule has 6 heteroatoms. The van der Waals surface area contributed by atoms with Gasteiger partial charge in [0.15, 0.2) is 0 Å². The first-order valence-corrected chi connectivity index (χ1v) is 10.6. The number of ether oxygens (including phenoxy) is 1. The second-order valence-electron chi connectivity index (χ2n) is 9.23. The predicted molar refractivity (Wildman–Crippen MR) is 110 cm³/mol. The van der Waals surface area contributed by atoms with E-state index in [1.54, 1.807) is 0 Å². The van der Waals surface area contributed by atoms with Gasteiger partial charge >= 0.3 is 6.03 Å². The molecule has 1 unspecified atom stereocenters. The summed E-state index contributed by atoms with van der Waals surface area (Å²) in [6.45, 7) is 11.0. The number of fused-ring (bicyclic) bond motifs is 4. The van der Waals surface area contributed by atoms with Crippen molar-refractivity contribution in [3.63, 3.8) is 0 Å². The van der Waals surface area contributed by atoms with Gasteiger partial charge in [0.25, 0.3) is 0 Å². The van der Waals surface area contributed by atoms with Crippen molar-refractivity contribution < 1.29 is 14.6 Å². The minimum Gasteiger partial charge on any atom is -0.494 e. The van der Waals surface area contributed by atoms with Crippen LogP contribution in [-0.4, -0.2) is 72.4 Å². The Labute approximate surface area is 168 Å². The van der Waals surface area contributed by atoms with Crippen LogP contribution in [-0.2, 0) is 0 Å². The number of urea groups is 1. The van der Waals surface area contributed by atoms with Crippen molar-refractivity contribution in [2.75, 3.05) is 44.2 Å². The van der Waals surface area contributed by atoms with Gasteiger partial charge in [0.05, 0.1) is 18.8 Å². The summed E-state index contributed by atoms with van der Waals surface area (Å²) < 4.78 is 5.59. The van der Waals surface area contributed by atoms with E-state index in [9.17, 15) is 9.90 Å². The first kappa shape index (κ1) is 19.4. The molecule has 4 fully saturated rings. The van der Waals surface area contributed by atoms with Crippen LogP contribution in [0.5, 0.6) is 5.75 Å². The molecule has 5 rings (SSSR count). The van der Waals surface area contributed by atoms with Crippen molar-refractivity contribution in [1.82, 2.24) is 9.80 Å². The molecule has 4 aliphatic heterocycles. The number of β-amino-alcohol motifs (C(OH)–C–C–N with tert-alkyl or cyclic N) is 1. The van der Waals surface area contributed by atoms with Crippen molar-refractivity contribution in [2.45, 2.75) is 45.8 Å². The number of aliphatic hydroxyl groups excluding tert-OH is 1. The number of hydrogen-bond donors (Lipinski definition) is 1. The maximum Gasteiger partial charge on any atom is 0.320 e. The normalized spacial score (nSPS) is 29.1. The molecule has 154 valence electrons. The average Bonchev–Trinajstić information content (AvgIpc) is 2.93. The lowest BCUT2D eigenvalue weighted by Gasteiger charge is -2.48. The highest BCUT2D eigenvalue weighted by molar-refractivity contribution is 5.75. The molecule has 4 heterocycles. The first-order chi connectivity index (χ1) is 13.4. The van der Waals surface area contributed by atoms with E-state index >= 15 is 0 Å². The number of piperidine rings is 1. The van der Waals surface area contributed by atoms with Crippen molar-refractivity contribution in [3.8, 4) is 5.75 Å². The minimum atomic E-state index is -0.371. The molecular formula is C22H33N3O3. The van der Waals surface area contributed by atoms with E-state index in [1.165, 1.54) is 5.69 Å². The molecule has 0 aliphatic carbocycles. The Morgan fingerprint density at radius 1 is 1.14 bits per heavy atom. The molecule has 0 saturated carbocycles. The monoisotopic (exact) mass is 387 g/mol. The Balaban J connectivity index is 1.55. The Morgan fingerprint density at radius 3 is 2.54 bits per heavy atom. The van der Waals surface area contributed by atoms with Gasteiger partial charge < -0.3 is 24.5 Å². The quantitative estimate of drug-likeness (QED) is 0.867. The van der Waals surface area contributed by atoms with Gasteiger partial charge in [-0.05, 0) is 55.4 Å². The number of amides is 2. The molecule has 1 aromatic rings. The number of rotatable bonds is 3. The van der Waals surface area contributed by atoms with E-state index in [-0.39, 0.29) is 23.6 Å². The lowest BCUT2D eigenvalue weighted by Crippen LogP contribution is -2.54. The fourth-order valence-electron chi connectivity index (χ4n) is 5.29. The second-order valence-corrected chi connectivity index (χ2v) is 9.23. The number of carbonyl (C=O) groups excluding carboxylic acids is 1. The minimum absolute atomic E-state index is 0.0952. The second kappa shape index (κ2) is 7.47. The Bertz CT molecular complexity index is 705. The highest BCUT2D eigenvalue weighted by Gasteiger charge is 2.47. The van der Waals surface area contributed by atoms with Gasteiger partial charge in [0.2, 0.25) is 0 Å². The fourth-order valence-corrected chi connectivity index (χ4v) is 5.29. The summed E-state index contributed by atoms with van der Waals surface area (Å²) in [6.07, 6.45) is 1.46. The van der Waals surface area contributed by atoms with E-state index < -0.39 is 0 Å². The maximum absolute atomic E-state index is 13.1. The van der Waals surface area contributed by atoms with Gasteiger partial charge in [-0.2, -0.15) is 0 Å². The highest BCUT2D eigenvalue weighted by Crippen LogP contribution is 2.43. The molecule has 6 nitrogen and oxygen atoms in total. The zero-order valence-corrected chi connectivity index (χ0v) is 17.3.